The van der Waals surface area contributed by atoms with E-state index in [2.05, 4.69) is 42.3 Å². The highest BCUT2D eigenvalue weighted by atomic mass is 79.9. The van der Waals surface area contributed by atoms with E-state index in [1.165, 1.54) is 18.0 Å². The highest BCUT2D eigenvalue weighted by Gasteiger charge is 2.06. The second-order valence-electron chi connectivity index (χ2n) is 5.19. The molecule has 0 atom stereocenters. The Hall–Kier alpha value is -2.37. The van der Waals surface area contributed by atoms with E-state index in [1.54, 1.807) is 6.07 Å². The zero-order valence-electron chi connectivity index (χ0n) is 14.3. The molecule has 2 aromatic rings. The minimum absolute atomic E-state index is 0.154. The number of hydrogen-bond acceptors (Lipinski definition) is 6. The van der Waals surface area contributed by atoms with Gasteiger partial charge in [0.05, 0.1) is 12.0 Å². The number of thioether (sulfide) groups is 1. The van der Waals surface area contributed by atoms with Gasteiger partial charge in [0.15, 0.2) is 5.16 Å². The van der Waals surface area contributed by atoms with Crippen molar-refractivity contribution >= 4 is 39.8 Å². The number of carbonyl (C=O) groups excluding carboxylic acids is 1. The van der Waals surface area contributed by atoms with E-state index >= 15 is 0 Å². The molecule has 0 fully saturated rings. The molecule has 1 heterocycles. The lowest BCUT2D eigenvalue weighted by atomic mass is 10.2. The van der Waals surface area contributed by atoms with E-state index in [9.17, 15) is 4.79 Å². The Balaban J connectivity index is 1.92. The van der Waals surface area contributed by atoms with Crippen molar-refractivity contribution < 1.29 is 9.53 Å². The number of amides is 1. The average molecular weight is 433 g/mol. The number of aromatic nitrogens is 2. The molecule has 0 aliphatic heterocycles. The van der Waals surface area contributed by atoms with E-state index in [0.717, 1.165) is 15.9 Å². The number of carbonyl (C=O) groups is 1. The van der Waals surface area contributed by atoms with E-state index < -0.39 is 0 Å². The van der Waals surface area contributed by atoms with Crippen LogP contribution in [0.2, 0.25) is 0 Å². The lowest BCUT2D eigenvalue weighted by Crippen LogP contribution is -2.20. The predicted octanol–water partition coefficient (Wildman–Crippen LogP) is 3.11. The zero-order valence-corrected chi connectivity index (χ0v) is 16.7. The van der Waals surface area contributed by atoms with Gasteiger partial charge in [-0.3, -0.25) is 4.79 Å². The normalized spacial score (nSPS) is 10.5. The Morgan fingerprint density at radius 2 is 2.12 bits per heavy atom. The molecule has 1 N–H and O–H groups in total. The van der Waals surface area contributed by atoms with Crippen molar-refractivity contribution in [2.45, 2.75) is 19.0 Å². The Kier molecular flexibility index (Phi) is 7.63. The molecule has 2 rings (SSSR count). The van der Waals surface area contributed by atoms with Crippen LogP contribution in [0.3, 0.4) is 0 Å². The van der Waals surface area contributed by atoms with Crippen molar-refractivity contribution in [3.8, 4) is 18.1 Å². The first-order chi connectivity index (χ1) is 12.5. The monoisotopic (exact) mass is 432 g/mol. The largest absolute Gasteiger partial charge is 0.480 e. The second-order valence-corrected chi connectivity index (χ2v) is 7.05. The SMILES string of the molecule is C#CCOc1ccc(Br)cc1/C=N/NC(=O)CSc1nc(C)cc(C)n1. The molecular formula is C18H17BrN4O2S. The molecule has 26 heavy (non-hydrogen) atoms. The third kappa shape index (κ3) is 6.50. The van der Waals surface area contributed by atoms with Crippen LogP contribution >= 0.6 is 27.7 Å². The molecule has 0 radical (unpaired) electrons. The molecule has 0 saturated heterocycles. The maximum absolute atomic E-state index is 11.9. The molecule has 1 aromatic carbocycles. The van der Waals surface area contributed by atoms with Crippen molar-refractivity contribution in [3.05, 3.63) is 45.7 Å². The van der Waals surface area contributed by atoms with Crippen LogP contribution in [-0.4, -0.2) is 34.4 Å². The van der Waals surface area contributed by atoms with Gasteiger partial charge in [-0.25, -0.2) is 15.4 Å². The Bertz CT molecular complexity index is 845. The van der Waals surface area contributed by atoms with Gasteiger partial charge in [0.2, 0.25) is 0 Å². The first-order valence-corrected chi connectivity index (χ1v) is 9.38. The van der Waals surface area contributed by atoms with Crippen LogP contribution in [0.5, 0.6) is 5.75 Å². The molecule has 0 saturated carbocycles. The molecule has 0 aliphatic carbocycles. The Morgan fingerprint density at radius 3 is 2.81 bits per heavy atom. The molecular weight excluding hydrogens is 416 g/mol. The van der Waals surface area contributed by atoms with Crippen LogP contribution in [-0.2, 0) is 4.79 Å². The van der Waals surface area contributed by atoms with Crippen molar-refractivity contribution in [1.29, 1.82) is 0 Å². The Labute approximate surface area is 165 Å². The number of nitrogens with zero attached hydrogens (tertiary/aromatic N) is 3. The Morgan fingerprint density at radius 1 is 1.38 bits per heavy atom. The van der Waals surface area contributed by atoms with Gasteiger partial charge in [0.25, 0.3) is 5.91 Å². The van der Waals surface area contributed by atoms with E-state index in [1.807, 2.05) is 32.0 Å². The topological polar surface area (TPSA) is 76.5 Å². The fourth-order valence-corrected chi connectivity index (χ4v) is 3.09. The first-order valence-electron chi connectivity index (χ1n) is 7.60. The summed E-state index contributed by atoms with van der Waals surface area (Å²) in [6.45, 7) is 3.93. The third-order valence-electron chi connectivity index (χ3n) is 2.97. The van der Waals surface area contributed by atoms with Crippen molar-refractivity contribution in [3.63, 3.8) is 0 Å². The zero-order chi connectivity index (χ0) is 18.9. The van der Waals surface area contributed by atoms with Crippen molar-refractivity contribution in [1.82, 2.24) is 15.4 Å². The number of rotatable bonds is 7. The van der Waals surface area contributed by atoms with Crippen LogP contribution in [0.25, 0.3) is 0 Å². The summed E-state index contributed by atoms with van der Waals surface area (Å²) >= 11 is 4.64. The quantitative estimate of drug-likeness (QED) is 0.239. The van der Waals surface area contributed by atoms with E-state index in [-0.39, 0.29) is 18.3 Å². The summed E-state index contributed by atoms with van der Waals surface area (Å²) < 4.78 is 6.31. The number of hydrogen-bond donors (Lipinski definition) is 1. The summed E-state index contributed by atoms with van der Waals surface area (Å²) in [5, 5.41) is 4.54. The van der Waals surface area contributed by atoms with Crippen LogP contribution < -0.4 is 10.2 Å². The van der Waals surface area contributed by atoms with Gasteiger partial charge in [-0.2, -0.15) is 5.10 Å². The number of hydrazone groups is 1. The first kappa shape index (κ1) is 19.9. The van der Waals surface area contributed by atoms with E-state index in [4.69, 9.17) is 11.2 Å². The minimum Gasteiger partial charge on any atom is -0.480 e. The third-order valence-corrected chi connectivity index (χ3v) is 4.31. The van der Waals surface area contributed by atoms with Crippen LogP contribution in [0.4, 0.5) is 0 Å². The summed E-state index contributed by atoms with van der Waals surface area (Å²) in [5.74, 6) is 2.91. The smallest absolute Gasteiger partial charge is 0.250 e. The van der Waals surface area contributed by atoms with Gasteiger partial charge in [-0.05, 0) is 38.1 Å². The summed E-state index contributed by atoms with van der Waals surface area (Å²) in [6, 6.07) is 7.31. The number of terminal acetylenes is 1. The highest BCUT2D eigenvalue weighted by molar-refractivity contribution is 9.10. The number of halogens is 1. The fraction of sp³-hybridized carbons (Fsp3) is 0.222. The number of aryl methyl sites for hydroxylation is 2. The maximum Gasteiger partial charge on any atom is 0.250 e. The standard InChI is InChI=1S/C18H17BrN4O2S/c1-4-7-25-16-6-5-15(19)9-14(16)10-20-23-17(24)11-26-18-21-12(2)8-13(3)22-18/h1,5-6,8-10H,7,11H2,2-3H3,(H,23,24)/b20-10+. The van der Waals surface area contributed by atoms with Gasteiger partial charge in [0, 0.05) is 21.4 Å². The van der Waals surface area contributed by atoms with Gasteiger partial charge in [0.1, 0.15) is 12.4 Å². The lowest BCUT2D eigenvalue weighted by Gasteiger charge is -2.06. The summed E-state index contributed by atoms with van der Waals surface area (Å²) in [7, 11) is 0. The second kappa shape index (κ2) is 9.94. The maximum atomic E-state index is 11.9. The molecule has 0 bridgehead atoms. The molecule has 1 aromatic heterocycles. The fourth-order valence-electron chi connectivity index (χ4n) is 1.97. The number of benzene rings is 1. The lowest BCUT2D eigenvalue weighted by molar-refractivity contribution is -0.118. The number of nitrogens with one attached hydrogen (secondary N) is 1. The van der Waals surface area contributed by atoms with Crippen LogP contribution in [0.1, 0.15) is 17.0 Å². The molecule has 6 nitrogen and oxygen atoms in total. The van der Waals surface area contributed by atoms with Crippen molar-refractivity contribution in [2.75, 3.05) is 12.4 Å². The molecule has 0 spiro atoms. The summed E-state index contributed by atoms with van der Waals surface area (Å²) in [4.78, 5) is 20.5. The van der Waals surface area contributed by atoms with Gasteiger partial charge in [-0.1, -0.05) is 33.6 Å². The van der Waals surface area contributed by atoms with Gasteiger partial charge in [-0.15, -0.1) is 6.42 Å². The highest BCUT2D eigenvalue weighted by Crippen LogP contribution is 2.21. The van der Waals surface area contributed by atoms with Crippen LogP contribution in [0, 0.1) is 26.2 Å². The van der Waals surface area contributed by atoms with E-state index in [0.29, 0.717) is 16.5 Å². The van der Waals surface area contributed by atoms with Gasteiger partial charge < -0.3 is 4.74 Å². The molecule has 0 aliphatic rings. The minimum atomic E-state index is -0.255. The number of ether oxygens (including phenoxy) is 1. The molecule has 1 amide bonds. The molecule has 0 unspecified atom stereocenters. The summed E-state index contributed by atoms with van der Waals surface area (Å²) in [6.07, 6.45) is 6.72. The van der Waals surface area contributed by atoms with Crippen LogP contribution in [0.15, 0.2) is 39.0 Å². The summed E-state index contributed by atoms with van der Waals surface area (Å²) in [5.41, 5.74) is 4.91. The average Bonchev–Trinajstić information content (AvgIpc) is 2.58. The molecule has 134 valence electrons. The molecule has 8 heteroatoms. The predicted molar refractivity (Wildman–Crippen MR) is 106 cm³/mol. The van der Waals surface area contributed by atoms with Gasteiger partial charge >= 0.3 is 0 Å². The van der Waals surface area contributed by atoms with Crippen molar-refractivity contribution in [2.24, 2.45) is 5.10 Å².